The summed E-state index contributed by atoms with van der Waals surface area (Å²) in [6, 6.07) is 4.13. The number of aliphatic imine (C=N–C) groups is 1. The standard InChI is InChI=1S/C18H32N6O/c1-4-25-14-6-9-21-18(19-2)22-15-16-7-5-8-20-17(16)24-12-10-23(3)11-13-24/h5,7-8H,4,6,9-15H2,1-3H3,(H2,19,21,22). The Balaban J connectivity index is 1.85. The summed E-state index contributed by atoms with van der Waals surface area (Å²) in [6.07, 6.45) is 2.84. The highest BCUT2D eigenvalue weighted by Crippen LogP contribution is 2.18. The Hall–Kier alpha value is -1.86. The fourth-order valence-electron chi connectivity index (χ4n) is 2.80. The Morgan fingerprint density at radius 1 is 1.28 bits per heavy atom. The largest absolute Gasteiger partial charge is 0.382 e. The smallest absolute Gasteiger partial charge is 0.191 e. The predicted octanol–water partition coefficient (Wildman–Crippen LogP) is 0.925. The number of piperazine rings is 1. The lowest BCUT2D eigenvalue weighted by Gasteiger charge is -2.34. The predicted molar refractivity (Wildman–Crippen MR) is 103 cm³/mol. The van der Waals surface area contributed by atoms with Crippen LogP contribution in [0.25, 0.3) is 0 Å². The van der Waals surface area contributed by atoms with E-state index in [2.05, 4.69) is 43.5 Å². The first kappa shape index (κ1) is 19.5. The Morgan fingerprint density at radius 3 is 2.80 bits per heavy atom. The second kappa shape index (κ2) is 10.9. The molecule has 0 atom stereocenters. The fraction of sp³-hybridized carbons (Fsp3) is 0.667. The van der Waals surface area contributed by atoms with Crippen LogP contribution in [-0.2, 0) is 11.3 Å². The number of likely N-dealkylation sites (N-methyl/N-ethyl adjacent to an activating group) is 1. The molecule has 0 radical (unpaired) electrons. The quantitative estimate of drug-likeness (QED) is 0.414. The van der Waals surface area contributed by atoms with Crippen LogP contribution in [0.5, 0.6) is 0 Å². The van der Waals surface area contributed by atoms with Gasteiger partial charge in [-0.05, 0) is 26.5 Å². The molecule has 7 nitrogen and oxygen atoms in total. The highest BCUT2D eigenvalue weighted by molar-refractivity contribution is 5.79. The molecule has 2 rings (SSSR count). The van der Waals surface area contributed by atoms with Crippen molar-refractivity contribution in [1.82, 2.24) is 20.5 Å². The summed E-state index contributed by atoms with van der Waals surface area (Å²) in [5, 5.41) is 6.71. The van der Waals surface area contributed by atoms with Gasteiger partial charge in [0.25, 0.3) is 0 Å². The lowest BCUT2D eigenvalue weighted by molar-refractivity contribution is 0.145. The van der Waals surface area contributed by atoms with E-state index in [1.165, 1.54) is 5.56 Å². The number of aromatic nitrogens is 1. The SMILES string of the molecule is CCOCCCNC(=NC)NCc1cccnc1N1CCN(C)CC1. The van der Waals surface area contributed by atoms with Crippen molar-refractivity contribution < 1.29 is 4.74 Å². The summed E-state index contributed by atoms with van der Waals surface area (Å²) >= 11 is 0. The second-order valence-electron chi connectivity index (χ2n) is 6.18. The lowest BCUT2D eigenvalue weighted by Crippen LogP contribution is -2.45. The van der Waals surface area contributed by atoms with E-state index in [4.69, 9.17) is 4.74 Å². The van der Waals surface area contributed by atoms with E-state index in [-0.39, 0.29) is 0 Å². The van der Waals surface area contributed by atoms with Crippen molar-refractivity contribution >= 4 is 11.8 Å². The van der Waals surface area contributed by atoms with E-state index in [0.29, 0.717) is 6.54 Å². The summed E-state index contributed by atoms with van der Waals surface area (Å²) in [7, 11) is 3.96. The molecule has 1 aromatic rings. The van der Waals surface area contributed by atoms with Crippen LogP contribution in [-0.4, -0.2) is 75.9 Å². The van der Waals surface area contributed by atoms with Crippen LogP contribution < -0.4 is 15.5 Å². The van der Waals surface area contributed by atoms with E-state index in [0.717, 1.165) is 64.1 Å². The summed E-state index contributed by atoms with van der Waals surface area (Å²) in [5.41, 5.74) is 1.20. The van der Waals surface area contributed by atoms with Gasteiger partial charge in [0.2, 0.25) is 0 Å². The first-order chi connectivity index (χ1) is 12.2. The van der Waals surface area contributed by atoms with Gasteiger partial charge >= 0.3 is 0 Å². The Bertz CT molecular complexity index is 528. The monoisotopic (exact) mass is 348 g/mol. The van der Waals surface area contributed by atoms with Crippen LogP contribution in [0, 0.1) is 0 Å². The van der Waals surface area contributed by atoms with Gasteiger partial charge in [0.15, 0.2) is 5.96 Å². The topological polar surface area (TPSA) is 65.0 Å². The van der Waals surface area contributed by atoms with Gasteiger partial charge in [0.1, 0.15) is 5.82 Å². The molecule has 0 amide bonds. The second-order valence-corrected chi connectivity index (χ2v) is 6.18. The number of hydrogen-bond acceptors (Lipinski definition) is 5. The molecule has 2 heterocycles. The van der Waals surface area contributed by atoms with E-state index in [1.807, 2.05) is 19.2 Å². The molecule has 1 aromatic heterocycles. The molecule has 0 unspecified atom stereocenters. The summed E-state index contributed by atoms with van der Waals surface area (Å²) in [4.78, 5) is 13.6. The van der Waals surface area contributed by atoms with E-state index < -0.39 is 0 Å². The van der Waals surface area contributed by atoms with Gasteiger partial charge in [0.05, 0.1) is 0 Å². The Labute approximate surface area is 151 Å². The average molecular weight is 348 g/mol. The third-order valence-corrected chi connectivity index (χ3v) is 4.30. The van der Waals surface area contributed by atoms with E-state index in [9.17, 15) is 0 Å². The molecule has 1 saturated heterocycles. The van der Waals surface area contributed by atoms with Crippen LogP contribution in [0.3, 0.4) is 0 Å². The molecule has 7 heteroatoms. The van der Waals surface area contributed by atoms with Crippen LogP contribution >= 0.6 is 0 Å². The van der Waals surface area contributed by atoms with Crippen LogP contribution in [0.2, 0.25) is 0 Å². The zero-order valence-electron chi connectivity index (χ0n) is 15.8. The molecule has 1 fully saturated rings. The number of ether oxygens (including phenoxy) is 1. The Morgan fingerprint density at radius 2 is 2.08 bits per heavy atom. The van der Waals surface area contributed by atoms with Crippen LogP contribution in [0.4, 0.5) is 5.82 Å². The van der Waals surface area contributed by atoms with Crippen molar-refractivity contribution in [2.45, 2.75) is 19.9 Å². The van der Waals surface area contributed by atoms with Crippen molar-refractivity contribution in [2.75, 3.05) is 64.9 Å². The molecule has 0 saturated carbocycles. The first-order valence-electron chi connectivity index (χ1n) is 9.14. The molecule has 0 aliphatic carbocycles. The minimum Gasteiger partial charge on any atom is -0.382 e. The third kappa shape index (κ3) is 6.51. The van der Waals surface area contributed by atoms with Gasteiger partial charge in [-0.25, -0.2) is 4.98 Å². The van der Waals surface area contributed by atoms with E-state index >= 15 is 0 Å². The van der Waals surface area contributed by atoms with E-state index in [1.54, 1.807) is 7.05 Å². The zero-order valence-corrected chi connectivity index (χ0v) is 15.8. The minimum atomic E-state index is 0.709. The average Bonchev–Trinajstić information content (AvgIpc) is 2.65. The van der Waals surface area contributed by atoms with Crippen molar-refractivity contribution in [1.29, 1.82) is 0 Å². The third-order valence-electron chi connectivity index (χ3n) is 4.30. The van der Waals surface area contributed by atoms with Crippen molar-refractivity contribution in [3.63, 3.8) is 0 Å². The maximum absolute atomic E-state index is 5.35. The molecule has 2 N–H and O–H groups in total. The fourth-order valence-corrected chi connectivity index (χ4v) is 2.80. The first-order valence-corrected chi connectivity index (χ1v) is 9.14. The molecular weight excluding hydrogens is 316 g/mol. The number of anilines is 1. The minimum absolute atomic E-state index is 0.709. The number of pyridine rings is 1. The van der Waals surface area contributed by atoms with Crippen molar-refractivity contribution in [3.05, 3.63) is 23.9 Å². The summed E-state index contributed by atoms with van der Waals surface area (Å²) in [6.45, 7) is 9.30. The number of nitrogens with zero attached hydrogens (tertiary/aromatic N) is 4. The van der Waals surface area contributed by atoms with Crippen molar-refractivity contribution in [2.24, 2.45) is 4.99 Å². The number of nitrogens with one attached hydrogen (secondary N) is 2. The number of rotatable bonds is 8. The van der Waals surface area contributed by atoms with Gasteiger partial charge in [-0.3, -0.25) is 4.99 Å². The number of guanidine groups is 1. The highest BCUT2D eigenvalue weighted by Gasteiger charge is 2.17. The normalized spacial score (nSPS) is 16.1. The maximum Gasteiger partial charge on any atom is 0.191 e. The van der Waals surface area contributed by atoms with Gasteiger partial charge in [-0.15, -0.1) is 0 Å². The molecular formula is C18H32N6O. The summed E-state index contributed by atoms with van der Waals surface area (Å²) < 4.78 is 5.35. The van der Waals surface area contributed by atoms with Crippen LogP contribution in [0.1, 0.15) is 18.9 Å². The number of hydrogen-bond donors (Lipinski definition) is 2. The molecule has 0 bridgehead atoms. The lowest BCUT2D eigenvalue weighted by atomic mass is 10.2. The van der Waals surface area contributed by atoms with Crippen LogP contribution in [0.15, 0.2) is 23.3 Å². The highest BCUT2D eigenvalue weighted by atomic mass is 16.5. The molecule has 25 heavy (non-hydrogen) atoms. The Kier molecular flexibility index (Phi) is 8.48. The zero-order chi connectivity index (χ0) is 17.9. The van der Waals surface area contributed by atoms with Gasteiger partial charge in [-0.1, -0.05) is 6.07 Å². The van der Waals surface area contributed by atoms with Crippen molar-refractivity contribution in [3.8, 4) is 0 Å². The van der Waals surface area contributed by atoms with Gasteiger partial charge < -0.3 is 25.2 Å². The molecule has 1 aliphatic rings. The van der Waals surface area contributed by atoms with Gasteiger partial charge in [0, 0.05) is 71.3 Å². The molecule has 0 aromatic carbocycles. The maximum atomic E-state index is 5.35. The molecule has 1 aliphatic heterocycles. The molecule has 0 spiro atoms. The van der Waals surface area contributed by atoms with Gasteiger partial charge in [-0.2, -0.15) is 0 Å². The molecule has 140 valence electrons. The summed E-state index contributed by atoms with van der Waals surface area (Å²) in [5.74, 6) is 1.89.